The van der Waals surface area contributed by atoms with E-state index in [2.05, 4.69) is 25.9 Å². The van der Waals surface area contributed by atoms with Crippen molar-refractivity contribution in [3.05, 3.63) is 21.0 Å². The van der Waals surface area contributed by atoms with Crippen molar-refractivity contribution >= 4 is 21.6 Å². The second-order valence-electron chi connectivity index (χ2n) is 4.64. The maximum atomic E-state index is 12.2. The molecule has 0 unspecified atom stereocenters. The lowest BCUT2D eigenvalue weighted by Crippen LogP contribution is -2.33. The Kier molecular flexibility index (Phi) is 4.40. The zero-order valence-corrected chi connectivity index (χ0v) is 12.2. The van der Waals surface area contributed by atoms with E-state index in [0.717, 1.165) is 25.3 Å². The van der Waals surface area contributed by atoms with E-state index in [1.54, 1.807) is 10.9 Å². The van der Waals surface area contributed by atoms with Gasteiger partial charge in [-0.25, -0.2) is 4.68 Å². The lowest BCUT2D eigenvalue weighted by molar-refractivity contribution is 0.530. The van der Waals surface area contributed by atoms with Gasteiger partial charge in [-0.05, 0) is 41.6 Å². The summed E-state index contributed by atoms with van der Waals surface area (Å²) >= 11 is 3.40. The Balaban J connectivity index is 2.26. The Morgan fingerprint density at radius 2 is 2.33 bits per heavy atom. The minimum absolute atomic E-state index is 0.0464. The predicted molar refractivity (Wildman–Crippen MR) is 75.9 cm³/mol. The third kappa shape index (κ3) is 2.92. The van der Waals surface area contributed by atoms with Gasteiger partial charge in [0, 0.05) is 26.2 Å². The molecule has 1 aromatic heterocycles. The van der Waals surface area contributed by atoms with Crippen molar-refractivity contribution < 1.29 is 0 Å². The molecule has 1 heterocycles. The Morgan fingerprint density at radius 1 is 1.61 bits per heavy atom. The number of halogens is 1. The van der Waals surface area contributed by atoms with Gasteiger partial charge in [0.25, 0.3) is 5.56 Å². The first kappa shape index (κ1) is 13.5. The van der Waals surface area contributed by atoms with Gasteiger partial charge in [0.2, 0.25) is 0 Å². The highest BCUT2D eigenvalue weighted by Gasteiger charge is 2.23. The van der Waals surface area contributed by atoms with Crippen LogP contribution in [-0.2, 0) is 6.54 Å². The van der Waals surface area contributed by atoms with Crippen molar-refractivity contribution in [2.24, 2.45) is 11.7 Å². The fourth-order valence-electron chi connectivity index (χ4n) is 1.96. The molecule has 2 rings (SSSR count). The quantitative estimate of drug-likeness (QED) is 0.857. The summed E-state index contributed by atoms with van der Waals surface area (Å²) < 4.78 is 2.15. The fourth-order valence-corrected chi connectivity index (χ4v) is 2.51. The first-order valence-electron chi connectivity index (χ1n) is 6.38. The highest BCUT2D eigenvalue weighted by molar-refractivity contribution is 9.10. The van der Waals surface area contributed by atoms with E-state index in [4.69, 9.17) is 5.73 Å². The molecule has 5 nitrogen and oxygen atoms in total. The summed E-state index contributed by atoms with van der Waals surface area (Å²) in [4.78, 5) is 14.2. The number of aromatic nitrogens is 2. The lowest BCUT2D eigenvalue weighted by Gasteiger charge is -2.23. The Morgan fingerprint density at radius 3 is 2.89 bits per heavy atom. The number of anilines is 1. The highest BCUT2D eigenvalue weighted by Crippen LogP contribution is 2.30. The van der Waals surface area contributed by atoms with Crippen molar-refractivity contribution in [2.75, 3.05) is 24.5 Å². The van der Waals surface area contributed by atoms with Crippen molar-refractivity contribution in [3.63, 3.8) is 0 Å². The van der Waals surface area contributed by atoms with Crippen LogP contribution < -0.4 is 16.2 Å². The molecule has 1 saturated carbocycles. The molecule has 2 N–H and O–H groups in total. The van der Waals surface area contributed by atoms with Crippen LogP contribution in [0, 0.1) is 5.92 Å². The van der Waals surface area contributed by atoms with E-state index < -0.39 is 0 Å². The molecular formula is C12H19BrN4O. The van der Waals surface area contributed by atoms with Gasteiger partial charge in [0.05, 0.1) is 11.9 Å². The fraction of sp³-hybridized carbons (Fsp3) is 0.667. The van der Waals surface area contributed by atoms with Crippen molar-refractivity contribution in [2.45, 2.75) is 26.3 Å². The van der Waals surface area contributed by atoms with Gasteiger partial charge in [-0.3, -0.25) is 4.79 Å². The predicted octanol–water partition coefficient (Wildman–Crippen LogP) is 1.20. The van der Waals surface area contributed by atoms with Crippen LogP contribution in [0.2, 0.25) is 0 Å². The van der Waals surface area contributed by atoms with Crippen LogP contribution in [0.4, 0.5) is 5.69 Å². The van der Waals surface area contributed by atoms with E-state index in [-0.39, 0.29) is 5.56 Å². The molecule has 100 valence electrons. The number of nitrogens with zero attached hydrogens (tertiary/aromatic N) is 3. The second kappa shape index (κ2) is 5.84. The summed E-state index contributed by atoms with van der Waals surface area (Å²) in [5, 5.41) is 4.26. The molecule has 0 atom stereocenters. The van der Waals surface area contributed by atoms with E-state index in [1.165, 1.54) is 12.8 Å². The van der Waals surface area contributed by atoms with Crippen LogP contribution in [-0.4, -0.2) is 29.4 Å². The van der Waals surface area contributed by atoms with Gasteiger partial charge in [0.15, 0.2) is 0 Å². The largest absolute Gasteiger partial charge is 0.368 e. The summed E-state index contributed by atoms with van der Waals surface area (Å²) in [7, 11) is 0. The molecule has 0 radical (unpaired) electrons. The minimum Gasteiger partial charge on any atom is -0.368 e. The topological polar surface area (TPSA) is 64.2 Å². The first-order chi connectivity index (χ1) is 8.67. The Bertz CT molecular complexity index is 470. The van der Waals surface area contributed by atoms with Crippen LogP contribution in [0.25, 0.3) is 0 Å². The van der Waals surface area contributed by atoms with Crippen LogP contribution in [0.1, 0.15) is 19.8 Å². The number of nitrogens with two attached hydrogens (primary N) is 1. The maximum Gasteiger partial charge on any atom is 0.283 e. The monoisotopic (exact) mass is 314 g/mol. The molecule has 1 fully saturated rings. The molecular weight excluding hydrogens is 296 g/mol. The average molecular weight is 315 g/mol. The molecule has 0 amide bonds. The third-order valence-corrected chi connectivity index (χ3v) is 3.96. The van der Waals surface area contributed by atoms with Crippen molar-refractivity contribution in [3.8, 4) is 0 Å². The summed E-state index contributed by atoms with van der Waals surface area (Å²) in [5.74, 6) is 0.638. The van der Waals surface area contributed by atoms with Crippen LogP contribution >= 0.6 is 15.9 Å². The standard InChI is InChI=1S/C12H19BrN4O/c1-2-16(6-5-14)10-7-15-17(8-9-3-4-9)12(18)11(10)13/h7,9H,2-6,8,14H2,1H3. The zero-order chi connectivity index (χ0) is 13.1. The highest BCUT2D eigenvalue weighted by atomic mass is 79.9. The molecule has 0 spiro atoms. The number of hydrogen-bond acceptors (Lipinski definition) is 4. The molecule has 1 aliphatic rings. The van der Waals surface area contributed by atoms with E-state index in [0.29, 0.717) is 16.9 Å². The van der Waals surface area contributed by atoms with E-state index in [1.807, 2.05) is 6.92 Å². The van der Waals surface area contributed by atoms with Crippen molar-refractivity contribution in [1.82, 2.24) is 9.78 Å². The maximum absolute atomic E-state index is 12.2. The van der Waals surface area contributed by atoms with E-state index >= 15 is 0 Å². The minimum atomic E-state index is -0.0464. The van der Waals surface area contributed by atoms with Gasteiger partial charge >= 0.3 is 0 Å². The molecule has 6 heteroatoms. The molecule has 1 aliphatic carbocycles. The average Bonchev–Trinajstić information content (AvgIpc) is 3.17. The van der Waals surface area contributed by atoms with Gasteiger partial charge in [-0.1, -0.05) is 0 Å². The van der Waals surface area contributed by atoms with E-state index in [9.17, 15) is 4.79 Å². The molecule has 0 aliphatic heterocycles. The summed E-state index contributed by atoms with van der Waals surface area (Å²) in [5.41, 5.74) is 6.36. The molecule has 18 heavy (non-hydrogen) atoms. The van der Waals surface area contributed by atoms with Gasteiger partial charge < -0.3 is 10.6 Å². The van der Waals surface area contributed by atoms with Gasteiger partial charge in [0.1, 0.15) is 4.47 Å². The van der Waals surface area contributed by atoms with Crippen LogP contribution in [0.3, 0.4) is 0 Å². The summed E-state index contributed by atoms with van der Waals surface area (Å²) in [6.45, 7) is 4.87. The SMILES string of the molecule is CCN(CCN)c1cnn(CC2CC2)c(=O)c1Br. The number of rotatable bonds is 6. The molecule has 0 saturated heterocycles. The first-order valence-corrected chi connectivity index (χ1v) is 7.17. The smallest absolute Gasteiger partial charge is 0.283 e. The molecule has 0 bridgehead atoms. The summed E-state index contributed by atoms with van der Waals surface area (Å²) in [6, 6.07) is 0. The van der Waals surface area contributed by atoms with Gasteiger partial charge in [-0.2, -0.15) is 5.10 Å². The summed E-state index contributed by atoms with van der Waals surface area (Å²) in [6.07, 6.45) is 4.18. The van der Waals surface area contributed by atoms with Gasteiger partial charge in [-0.15, -0.1) is 0 Å². The van der Waals surface area contributed by atoms with Crippen LogP contribution in [0.5, 0.6) is 0 Å². The molecule has 0 aromatic carbocycles. The molecule has 1 aromatic rings. The Hall–Kier alpha value is -0.880. The zero-order valence-electron chi connectivity index (χ0n) is 10.6. The lowest BCUT2D eigenvalue weighted by atomic mass is 10.3. The number of hydrogen-bond donors (Lipinski definition) is 1. The Labute approximate surface area is 115 Å². The van der Waals surface area contributed by atoms with Crippen molar-refractivity contribution in [1.29, 1.82) is 0 Å². The number of likely N-dealkylation sites (N-methyl/N-ethyl adjacent to an activating group) is 1. The third-order valence-electron chi connectivity index (χ3n) is 3.22. The van der Waals surface area contributed by atoms with Crippen LogP contribution in [0.15, 0.2) is 15.5 Å². The second-order valence-corrected chi connectivity index (χ2v) is 5.44. The normalized spacial score (nSPS) is 14.8.